The molecule has 0 saturated heterocycles. The van der Waals surface area contributed by atoms with Crippen molar-refractivity contribution in [1.29, 1.82) is 0 Å². The molecular formula is C10H11NO3. The Labute approximate surface area is 81.5 Å². The van der Waals surface area contributed by atoms with Gasteiger partial charge in [0, 0.05) is 19.0 Å². The number of carboxylic acid groups (broad SMARTS) is 1. The highest BCUT2D eigenvalue weighted by Gasteiger charge is 2.01. The highest BCUT2D eigenvalue weighted by atomic mass is 16.4. The fraction of sp³-hybridized carbons (Fsp3) is 0.200. The van der Waals surface area contributed by atoms with Gasteiger partial charge in [-0.25, -0.2) is 4.79 Å². The number of aromatic nitrogens is 1. The zero-order valence-corrected chi connectivity index (χ0v) is 7.55. The Bertz CT molecular complexity index is 347. The predicted octanol–water partition coefficient (Wildman–Crippen LogP) is 1.18. The molecule has 0 aromatic carbocycles. The van der Waals surface area contributed by atoms with Crippen LogP contribution in [0.3, 0.4) is 0 Å². The number of aliphatic hydroxyl groups is 1. The third-order valence-corrected chi connectivity index (χ3v) is 1.61. The Balaban J connectivity index is 2.78. The van der Waals surface area contributed by atoms with E-state index < -0.39 is 5.97 Å². The topological polar surface area (TPSA) is 70.4 Å². The molecule has 4 heteroatoms. The Morgan fingerprint density at radius 3 is 2.93 bits per heavy atom. The summed E-state index contributed by atoms with van der Waals surface area (Å²) in [7, 11) is 0. The van der Waals surface area contributed by atoms with Gasteiger partial charge in [0.25, 0.3) is 0 Å². The van der Waals surface area contributed by atoms with Gasteiger partial charge in [-0.1, -0.05) is 12.2 Å². The number of aromatic carboxylic acids is 1. The minimum absolute atomic E-state index is 0.0859. The molecule has 1 rings (SSSR count). The summed E-state index contributed by atoms with van der Waals surface area (Å²) >= 11 is 0. The standard InChI is InChI=1S/C10H11NO3/c12-4-2-1-3-8-5-9(10(13)14)7-11-6-8/h1,3,5-7,12H,2,4H2,(H,13,14). The van der Waals surface area contributed by atoms with E-state index in [1.54, 1.807) is 18.3 Å². The highest BCUT2D eigenvalue weighted by Crippen LogP contribution is 2.05. The molecule has 2 N–H and O–H groups in total. The van der Waals surface area contributed by atoms with Crippen LogP contribution in [0.1, 0.15) is 22.3 Å². The molecule has 0 spiro atoms. The second kappa shape index (κ2) is 5.14. The molecular weight excluding hydrogens is 182 g/mol. The van der Waals surface area contributed by atoms with Crippen molar-refractivity contribution in [2.45, 2.75) is 6.42 Å². The lowest BCUT2D eigenvalue weighted by molar-refractivity contribution is 0.0696. The van der Waals surface area contributed by atoms with Crippen molar-refractivity contribution in [2.75, 3.05) is 6.61 Å². The van der Waals surface area contributed by atoms with Crippen LogP contribution in [0.5, 0.6) is 0 Å². The molecule has 0 radical (unpaired) electrons. The number of carboxylic acids is 1. The third kappa shape index (κ3) is 2.99. The van der Waals surface area contributed by atoms with Crippen molar-refractivity contribution in [3.05, 3.63) is 35.7 Å². The van der Waals surface area contributed by atoms with Crippen LogP contribution in [-0.4, -0.2) is 27.8 Å². The van der Waals surface area contributed by atoms with Crippen LogP contribution in [0, 0.1) is 0 Å². The lowest BCUT2D eigenvalue weighted by atomic mass is 10.2. The monoisotopic (exact) mass is 193 g/mol. The van der Waals surface area contributed by atoms with E-state index in [0.717, 1.165) is 5.56 Å². The zero-order chi connectivity index (χ0) is 10.4. The van der Waals surface area contributed by atoms with Gasteiger partial charge < -0.3 is 10.2 Å². The van der Waals surface area contributed by atoms with Crippen LogP contribution in [0.15, 0.2) is 24.5 Å². The number of hydrogen-bond donors (Lipinski definition) is 2. The molecule has 0 aliphatic rings. The van der Waals surface area contributed by atoms with Gasteiger partial charge in [-0.05, 0) is 18.1 Å². The zero-order valence-electron chi connectivity index (χ0n) is 7.55. The first-order chi connectivity index (χ1) is 6.74. The van der Waals surface area contributed by atoms with Crippen LogP contribution in [0.2, 0.25) is 0 Å². The summed E-state index contributed by atoms with van der Waals surface area (Å²) in [5.41, 5.74) is 0.884. The first-order valence-corrected chi connectivity index (χ1v) is 4.20. The number of pyridine rings is 1. The van der Waals surface area contributed by atoms with E-state index in [1.807, 2.05) is 0 Å². The van der Waals surface area contributed by atoms with E-state index in [2.05, 4.69) is 4.98 Å². The van der Waals surface area contributed by atoms with Crippen molar-refractivity contribution >= 4 is 12.0 Å². The summed E-state index contributed by atoms with van der Waals surface area (Å²) in [4.78, 5) is 14.4. The lowest BCUT2D eigenvalue weighted by Gasteiger charge is -1.95. The van der Waals surface area contributed by atoms with E-state index in [-0.39, 0.29) is 12.2 Å². The second-order valence-electron chi connectivity index (χ2n) is 2.73. The number of carbonyl (C=O) groups is 1. The molecule has 14 heavy (non-hydrogen) atoms. The summed E-state index contributed by atoms with van der Waals surface area (Å²) in [6.45, 7) is 0.0859. The van der Waals surface area contributed by atoms with E-state index in [4.69, 9.17) is 10.2 Å². The van der Waals surface area contributed by atoms with Gasteiger partial charge in [0.15, 0.2) is 0 Å². The maximum absolute atomic E-state index is 10.6. The maximum Gasteiger partial charge on any atom is 0.337 e. The van der Waals surface area contributed by atoms with Gasteiger partial charge in [0.1, 0.15) is 0 Å². The largest absolute Gasteiger partial charge is 0.478 e. The Hall–Kier alpha value is -1.68. The van der Waals surface area contributed by atoms with E-state index in [0.29, 0.717) is 6.42 Å². The Kier molecular flexibility index (Phi) is 3.82. The SMILES string of the molecule is O=C(O)c1cncc(C=CCCO)c1. The first kappa shape index (κ1) is 10.4. The maximum atomic E-state index is 10.6. The molecule has 0 amide bonds. The Morgan fingerprint density at radius 2 is 2.29 bits per heavy atom. The van der Waals surface area contributed by atoms with Crippen molar-refractivity contribution < 1.29 is 15.0 Å². The van der Waals surface area contributed by atoms with Gasteiger partial charge in [0.05, 0.1) is 5.56 Å². The number of aliphatic hydroxyl groups excluding tert-OH is 1. The minimum Gasteiger partial charge on any atom is -0.478 e. The molecule has 4 nitrogen and oxygen atoms in total. The van der Waals surface area contributed by atoms with E-state index in [9.17, 15) is 4.79 Å². The fourth-order valence-corrected chi connectivity index (χ4v) is 0.960. The quantitative estimate of drug-likeness (QED) is 0.753. The van der Waals surface area contributed by atoms with Gasteiger partial charge in [-0.2, -0.15) is 0 Å². The van der Waals surface area contributed by atoms with Crippen molar-refractivity contribution in [3.8, 4) is 0 Å². The van der Waals surface area contributed by atoms with Crippen LogP contribution in [0.25, 0.3) is 6.08 Å². The van der Waals surface area contributed by atoms with E-state index >= 15 is 0 Å². The van der Waals surface area contributed by atoms with Gasteiger partial charge in [-0.15, -0.1) is 0 Å². The van der Waals surface area contributed by atoms with Crippen molar-refractivity contribution in [3.63, 3.8) is 0 Å². The number of hydrogen-bond acceptors (Lipinski definition) is 3. The molecule has 0 saturated carbocycles. The van der Waals surface area contributed by atoms with Gasteiger partial charge >= 0.3 is 5.97 Å². The smallest absolute Gasteiger partial charge is 0.337 e. The molecule has 74 valence electrons. The van der Waals surface area contributed by atoms with Crippen LogP contribution >= 0.6 is 0 Å². The Morgan fingerprint density at radius 1 is 1.50 bits per heavy atom. The average molecular weight is 193 g/mol. The molecule has 0 atom stereocenters. The fourth-order valence-electron chi connectivity index (χ4n) is 0.960. The van der Waals surface area contributed by atoms with Crippen molar-refractivity contribution in [1.82, 2.24) is 4.98 Å². The molecule has 1 heterocycles. The second-order valence-corrected chi connectivity index (χ2v) is 2.73. The third-order valence-electron chi connectivity index (χ3n) is 1.61. The lowest BCUT2D eigenvalue weighted by Crippen LogP contribution is -1.96. The summed E-state index contributed by atoms with van der Waals surface area (Å²) in [5.74, 6) is -0.991. The van der Waals surface area contributed by atoms with Gasteiger partial charge in [0.2, 0.25) is 0 Å². The summed E-state index contributed by atoms with van der Waals surface area (Å²) < 4.78 is 0. The number of nitrogens with zero attached hydrogens (tertiary/aromatic N) is 1. The van der Waals surface area contributed by atoms with Crippen molar-refractivity contribution in [2.24, 2.45) is 0 Å². The molecule has 0 unspecified atom stereocenters. The first-order valence-electron chi connectivity index (χ1n) is 4.20. The number of rotatable bonds is 4. The van der Waals surface area contributed by atoms with Crippen LogP contribution in [-0.2, 0) is 0 Å². The normalized spacial score (nSPS) is 10.6. The molecule has 0 fully saturated rings. The van der Waals surface area contributed by atoms with E-state index in [1.165, 1.54) is 12.3 Å². The van der Waals surface area contributed by atoms with Gasteiger partial charge in [-0.3, -0.25) is 4.98 Å². The molecule has 0 bridgehead atoms. The molecule has 0 aliphatic carbocycles. The minimum atomic E-state index is -0.991. The van der Waals surface area contributed by atoms with Crippen LogP contribution in [0.4, 0.5) is 0 Å². The highest BCUT2D eigenvalue weighted by molar-refractivity contribution is 5.87. The average Bonchev–Trinajstić information content (AvgIpc) is 2.19. The molecule has 0 aliphatic heterocycles. The summed E-state index contributed by atoms with van der Waals surface area (Å²) in [5, 5.41) is 17.2. The summed E-state index contributed by atoms with van der Waals surface area (Å²) in [6.07, 6.45) is 6.92. The predicted molar refractivity (Wildman–Crippen MR) is 51.9 cm³/mol. The molecule has 1 aromatic rings. The van der Waals surface area contributed by atoms with Crippen LogP contribution < -0.4 is 0 Å². The summed E-state index contributed by atoms with van der Waals surface area (Å²) in [6, 6.07) is 1.53. The molecule has 1 aromatic heterocycles.